The van der Waals surface area contributed by atoms with Gasteiger partial charge in [-0.2, -0.15) is 4.31 Å². The van der Waals surface area contributed by atoms with Gasteiger partial charge in [-0.1, -0.05) is 19.9 Å². The average molecular weight is 362 g/mol. The van der Waals surface area contributed by atoms with Gasteiger partial charge in [-0.3, -0.25) is 9.78 Å². The van der Waals surface area contributed by atoms with E-state index in [2.05, 4.69) is 18.8 Å². The van der Waals surface area contributed by atoms with Crippen molar-refractivity contribution in [3.8, 4) is 0 Å². The molecule has 3 aliphatic rings. The lowest BCUT2D eigenvalue weighted by molar-refractivity contribution is -0.128. The van der Waals surface area contributed by atoms with Crippen molar-refractivity contribution in [2.75, 3.05) is 5.75 Å². The topological polar surface area (TPSA) is 67.3 Å². The van der Waals surface area contributed by atoms with Gasteiger partial charge in [-0.25, -0.2) is 8.42 Å². The van der Waals surface area contributed by atoms with E-state index in [1.807, 2.05) is 18.2 Å². The number of carbonyl (C=O) groups excluding carboxylic acids is 1. The van der Waals surface area contributed by atoms with Crippen LogP contribution in [0.2, 0.25) is 0 Å². The van der Waals surface area contributed by atoms with Crippen LogP contribution in [0.1, 0.15) is 51.6 Å². The number of hydrogen-bond acceptors (Lipinski definition) is 4. The molecule has 0 saturated heterocycles. The fourth-order valence-electron chi connectivity index (χ4n) is 4.97. The first-order chi connectivity index (χ1) is 11.8. The van der Waals surface area contributed by atoms with Gasteiger partial charge in [-0.15, -0.1) is 0 Å². The number of ketones is 1. The van der Waals surface area contributed by atoms with Crippen molar-refractivity contribution in [3.05, 3.63) is 30.1 Å². The molecule has 3 saturated carbocycles. The summed E-state index contributed by atoms with van der Waals surface area (Å²) in [6, 6.07) is 5.64. The molecule has 136 valence electrons. The second-order valence-electron chi connectivity index (χ2n) is 8.52. The van der Waals surface area contributed by atoms with Crippen molar-refractivity contribution in [2.45, 2.75) is 58.5 Å². The molecule has 0 N–H and O–H groups in total. The van der Waals surface area contributed by atoms with Crippen LogP contribution in [0.25, 0.3) is 0 Å². The highest BCUT2D eigenvalue weighted by atomic mass is 32.2. The summed E-state index contributed by atoms with van der Waals surface area (Å²) in [7, 11) is -3.52. The Balaban J connectivity index is 1.63. The minimum absolute atomic E-state index is 0.0360. The van der Waals surface area contributed by atoms with Crippen molar-refractivity contribution in [2.24, 2.45) is 16.7 Å². The highest BCUT2D eigenvalue weighted by molar-refractivity contribution is 7.89. The summed E-state index contributed by atoms with van der Waals surface area (Å²) in [6.07, 6.45) is 5.73. The van der Waals surface area contributed by atoms with Crippen LogP contribution >= 0.6 is 0 Å². The lowest BCUT2D eigenvalue weighted by atomic mass is 9.70. The first kappa shape index (κ1) is 17.2. The average Bonchev–Trinajstić information content (AvgIpc) is 3.33. The number of nitrogens with zero attached hydrogens (tertiary/aromatic N) is 2. The summed E-state index contributed by atoms with van der Waals surface area (Å²) in [5, 5.41) is 0. The highest BCUT2D eigenvalue weighted by Crippen LogP contribution is 2.64. The number of hydrogen-bond donors (Lipinski definition) is 0. The molecule has 1 heterocycles. The van der Waals surface area contributed by atoms with Crippen LogP contribution in [0.4, 0.5) is 0 Å². The molecule has 0 amide bonds. The number of fused-ring (bicyclic) bond motifs is 2. The van der Waals surface area contributed by atoms with E-state index in [4.69, 9.17) is 0 Å². The summed E-state index contributed by atoms with van der Waals surface area (Å²) < 4.78 is 28.3. The summed E-state index contributed by atoms with van der Waals surface area (Å²) in [4.78, 5) is 17.0. The smallest absolute Gasteiger partial charge is 0.215 e. The molecular formula is C19H26N2O3S. The molecule has 4 rings (SSSR count). The molecule has 25 heavy (non-hydrogen) atoms. The van der Waals surface area contributed by atoms with Gasteiger partial charge in [0.15, 0.2) is 0 Å². The lowest BCUT2D eigenvalue weighted by Crippen LogP contribution is -2.47. The monoisotopic (exact) mass is 362 g/mol. The number of Topliss-reactive ketones (excluding diaryl/α,β-unsaturated/α-hetero) is 1. The number of pyridine rings is 1. The second-order valence-corrected chi connectivity index (χ2v) is 10.4. The van der Waals surface area contributed by atoms with Crippen LogP contribution < -0.4 is 0 Å². The van der Waals surface area contributed by atoms with Gasteiger partial charge in [0.2, 0.25) is 10.0 Å². The normalized spacial score (nSPS) is 31.0. The van der Waals surface area contributed by atoms with Crippen LogP contribution in [-0.2, 0) is 21.4 Å². The molecule has 2 bridgehead atoms. The van der Waals surface area contributed by atoms with Crippen molar-refractivity contribution < 1.29 is 13.2 Å². The fraction of sp³-hybridized carbons (Fsp3) is 0.684. The lowest BCUT2D eigenvalue weighted by Gasteiger charge is -2.37. The Hall–Kier alpha value is -1.27. The van der Waals surface area contributed by atoms with Crippen molar-refractivity contribution in [3.63, 3.8) is 0 Å². The van der Waals surface area contributed by atoms with Crippen LogP contribution in [0.3, 0.4) is 0 Å². The quantitative estimate of drug-likeness (QED) is 0.780. The third kappa shape index (κ3) is 2.65. The Morgan fingerprint density at radius 3 is 2.52 bits per heavy atom. The van der Waals surface area contributed by atoms with Gasteiger partial charge in [-0.05, 0) is 49.1 Å². The van der Waals surface area contributed by atoms with Gasteiger partial charge in [0.1, 0.15) is 5.78 Å². The maximum absolute atomic E-state index is 13.3. The Labute approximate surface area is 149 Å². The third-order valence-corrected chi connectivity index (χ3v) is 8.92. The minimum Gasteiger partial charge on any atom is -0.299 e. The van der Waals surface area contributed by atoms with E-state index in [9.17, 15) is 13.2 Å². The van der Waals surface area contributed by atoms with Crippen LogP contribution in [-0.4, -0.2) is 35.3 Å². The molecule has 3 aliphatic carbocycles. The molecule has 1 aromatic rings. The summed E-state index contributed by atoms with van der Waals surface area (Å²) in [6.45, 7) is 4.48. The molecule has 5 nitrogen and oxygen atoms in total. The zero-order valence-corrected chi connectivity index (χ0v) is 15.8. The molecule has 0 aliphatic heterocycles. The molecule has 0 radical (unpaired) electrons. The number of rotatable bonds is 6. The Kier molecular flexibility index (Phi) is 3.85. The Bertz CT molecular complexity index is 786. The minimum atomic E-state index is -3.52. The Morgan fingerprint density at radius 2 is 2.00 bits per heavy atom. The van der Waals surface area contributed by atoms with E-state index in [1.165, 1.54) is 0 Å². The second kappa shape index (κ2) is 5.61. The van der Waals surface area contributed by atoms with Gasteiger partial charge >= 0.3 is 0 Å². The van der Waals surface area contributed by atoms with E-state index in [0.29, 0.717) is 25.3 Å². The Morgan fingerprint density at radius 1 is 1.24 bits per heavy atom. The van der Waals surface area contributed by atoms with Gasteiger partial charge < -0.3 is 0 Å². The molecule has 2 unspecified atom stereocenters. The van der Waals surface area contributed by atoms with Crippen LogP contribution in [0.15, 0.2) is 24.4 Å². The summed E-state index contributed by atoms with van der Waals surface area (Å²) in [5.74, 6) is 0.456. The number of aromatic nitrogens is 1. The van der Waals surface area contributed by atoms with E-state index in [0.717, 1.165) is 25.0 Å². The number of sulfonamides is 1. The first-order valence-corrected chi connectivity index (χ1v) is 10.8. The first-order valence-electron chi connectivity index (χ1n) is 9.19. The summed E-state index contributed by atoms with van der Waals surface area (Å²) >= 11 is 0. The number of carbonyl (C=O) groups is 1. The molecular weight excluding hydrogens is 336 g/mol. The van der Waals surface area contributed by atoms with Gasteiger partial charge in [0.05, 0.1) is 18.0 Å². The highest BCUT2D eigenvalue weighted by Gasteiger charge is 2.65. The van der Waals surface area contributed by atoms with Crippen molar-refractivity contribution >= 4 is 15.8 Å². The van der Waals surface area contributed by atoms with E-state index < -0.39 is 15.4 Å². The van der Waals surface area contributed by atoms with Crippen molar-refractivity contribution in [1.29, 1.82) is 0 Å². The maximum atomic E-state index is 13.3. The van der Waals surface area contributed by atoms with Gasteiger partial charge in [0.25, 0.3) is 0 Å². The zero-order chi connectivity index (χ0) is 17.9. The predicted octanol–water partition coefficient (Wildman–Crippen LogP) is 2.77. The molecule has 0 spiro atoms. The van der Waals surface area contributed by atoms with Crippen molar-refractivity contribution in [1.82, 2.24) is 9.29 Å². The van der Waals surface area contributed by atoms with E-state index in [1.54, 1.807) is 10.5 Å². The third-order valence-electron chi connectivity index (χ3n) is 6.92. The van der Waals surface area contributed by atoms with Gasteiger partial charge in [0, 0.05) is 24.1 Å². The fourth-order valence-corrected chi connectivity index (χ4v) is 7.43. The molecule has 1 aromatic heterocycles. The maximum Gasteiger partial charge on any atom is 0.215 e. The molecule has 3 fully saturated rings. The van der Waals surface area contributed by atoms with Crippen LogP contribution in [0, 0.1) is 16.7 Å². The van der Waals surface area contributed by atoms with E-state index in [-0.39, 0.29) is 23.0 Å². The molecule has 0 aromatic carbocycles. The summed E-state index contributed by atoms with van der Waals surface area (Å²) in [5.41, 5.74) is -0.165. The SMILES string of the molecule is CC1(C)C2CCC1(CS(=O)(=O)N(Cc1ccccn1)C1CC1)C(=O)C2. The predicted molar refractivity (Wildman–Crippen MR) is 95.2 cm³/mol. The van der Waals surface area contributed by atoms with E-state index >= 15 is 0 Å². The van der Waals surface area contributed by atoms with Crippen LogP contribution in [0.5, 0.6) is 0 Å². The molecule has 2 atom stereocenters. The molecule has 6 heteroatoms. The largest absolute Gasteiger partial charge is 0.299 e. The zero-order valence-electron chi connectivity index (χ0n) is 14.9. The standard InChI is InChI=1S/C19H26N2O3S/c1-18(2)14-8-9-19(18,17(22)11-14)13-25(23,24)21(16-6-7-16)12-15-5-3-4-10-20-15/h3-5,10,14,16H,6-9,11-13H2,1-2H3.